The van der Waals surface area contributed by atoms with E-state index in [2.05, 4.69) is 10.6 Å². The zero-order chi connectivity index (χ0) is 23.6. The minimum Gasteiger partial charge on any atom is -0.444 e. The summed E-state index contributed by atoms with van der Waals surface area (Å²) in [6, 6.07) is 5.01. The third-order valence-corrected chi connectivity index (χ3v) is 4.98. The Hall–Kier alpha value is -2.57. The molecule has 0 saturated heterocycles. The number of nitrogens with one attached hydrogen (secondary N) is 2. The first kappa shape index (κ1) is 24.7. The lowest BCUT2D eigenvalue weighted by Crippen LogP contribution is -2.52. The molecular formula is C24H37N3O4. The van der Waals surface area contributed by atoms with Gasteiger partial charge in [-0.25, -0.2) is 4.79 Å². The van der Waals surface area contributed by atoms with Gasteiger partial charge in [-0.05, 0) is 84.9 Å². The molecule has 0 aliphatic heterocycles. The standard InChI is InChI=1S/C24H37N3O4/c1-15-10-9-11-18(16(15)2)20(21(29)26-23(3,4)5)27(17-12-13-17)19(28)14-25-22(30)31-24(6,7)8/h9-11,17,20H,12-14H2,1-8H3,(H,25,30)(H,26,29). The molecule has 1 atom stereocenters. The van der Waals surface area contributed by atoms with Gasteiger partial charge in [0, 0.05) is 11.6 Å². The molecule has 1 saturated carbocycles. The van der Waals surface area contributed by atoms with Gasteiger partial charge in [0.25, 0.3) is 0 Å². The molecule has 1 aromatic rings. The van der Waals surface area contributed by atoms with Crippen molar-refractivity contribution in [1.29, 1.82) is 0 Å². The summed E-state index contributed by atoms with van der Waals surface area (Å²) in [5.74, 6) is -0.526. The quantitative estimate of drug-likeness (QED) is 0.718. The monoisotopic (exact) mass is 431 g/mol. The Morgan fingerprint density at radius 3 is 2.23 bits per heavy atom. The van der Waals surface area contributed by atoms with Gasteiger partial charge < -0.3 is 20.3 Å². The number of carbonyl (C=O) groups is 3. The molecule has 1 unspecified atom stereocenters. The highest BCUT2D eigenvalue weighted by Crippen LogP contribution is 2.36. The van der Waals surface area contributed by atoms with Crippen molar-refractivity contribution in [3.63, 3.8) is 0 Å². The smallest absolute Gasteiger partial charge is 0.408 e. The van der Waals surface area contributed by atoms with Crippen LogP contribution < -0.4 is 10.6 Å². The van der Waals surface area contributed by atoms with Crippen LogP contribution in [0.5, 0.6) is 0 Å². The van der Waals surface area contributed by atoms with Gasteiger partial charge in [-0.2, -0.15) is 0 Å². The van der Waals surface area contributed by atoms with Crippen molar-refractivity contribution in [3.8, 4) is 0 Å². The zero-order valence-electron chi connectivity index (χ0n) is 20.1. The molecule has 0 aromatic heterocycles. The molecule has 2 N–H and O–H groups in total. The Labute approximate surface area is 185 Å². The van der Waals surface area contributed by atoms with Crippen molar-refractivity contribution in [1.82, 2.24) is 15.5 Å². The van der Waals surface area contributed by atoms with Crippen LogP contribution in [0.1, 0.15) is 77.1 Å². The number of amides is 3. The SMILES string of the molecule is Cc1cccc(C(C(=O)NC(C)(C)C)N(C(=O)CNC(=O)OC(C)(C)C)C2CC2)c1C. The summed E-state index contributed by atoms with van der Waals surface area (Å²) in [5.41, 5.74) is 1.74. The van der Waals surface area contributed by atoms with Crippen LogP contribution in [0.4, 0.5) is 4.79 Å². The van der Waals surface area contributed by atoms with E-state index in [-0.39, 0.29) is 24.4 Å². The van der Waals surface area contributed by atoms with Gasteiger partial charge in [-0.1, -0.05) is 18.2 Å². The van der Waals surface area contributed by atoms with E-state index in [1.165, 1.54) is 0 Å². The lowest BCUT2D eigenvalue weighted by Gasteiger charge is -2.35. The van der Waals surface area contributed by atoms with E-state index in [9.17, 15) is 14.4 Å². The number of alkyl carbamates (subject to hydrolysis) is 1. The van der Waals surface area contributed by atoms with Crippen molar-refractivity contribution >= 4 is 17.9 Å². The van der Waals surface area contributed by atoms with Gasteiger partial charge in [0.2, 0.25) is 11.8 Å². The molecule has 3 amide bonds. The fourth-order valence-corrected chi connectivity index (χ4v) is 3.39. The second-order valence-electron chi connectivity index (χ2n) is 10.3. The van der Waals surface area contributed by atoms with E-state index in [0.717, 1.165) is 29.5 Å². The number of aryl methyl sites for hydroxylation is 1. The average molecular weight is 432 g/mol. The Morgan fingerprint density at radius 1 is 1.10 bits per heavy atom. The van der Waals surface area contributed by atoms with E-state index in [0.29, 0.717) is 0 Å². The van der Waals surface area contributed by atoms with E-state index in [4.69, 9.17) is 4.74 Å². The van der Waals surface area contributed by atoms with Crippen molar-refractivity contribution in [2.24, 2.45) is 0 Å². The van der Waals surface area contributed by atoms with Crippen LogP contribution in [0, 0.1) is 13.8 Å². The Morgan fingerprint density at radius 2 is 1.71 bits per heavy atom. The largest absolute Gasteiger partial charge is 0.444 e. The molecular weight excluding hydrogens is 394 g/mol. The van der Waals surface area contributed by atoms with Crippen molar-refractivity contribution in [3.05, 3.63) is 34.9 Å². The lowest BCUT2D eigenvalue weighted by atomic mass is 9.94. The summed E-state index contributed by atoms with van der Waals surface area (Å²) in [6.07, 6.45) is 1.02. The highest BCUT2D eigenvalue weighted by Gasteiger charge is 2.42. The Balaban J connectivity index is 2.34. The van der Waals surface area contributed by atoms with Gasteiger partial charge in [0.15, 0.2) is 0 Å². The first-order valence-corrected chi connectivity index (χ1v) is 10.9. The van der Waals surface area contributed by atoms with Gasteiger partial charge >= 0.3 is 6.09 Å². The predicted octanol–water partition coefficient (Wildman–Crippen LogP) is 3.77. The first-order chi connectivity index (χ1) is 14.2. The van der Waals surface area contributed by atoms with Crippen LogP contribution in [0.2, 0.25) is 0 Å². The molecule has 1 aromatic carbocycles. The van der Waals surface area contributed by atoms with Crippen LogP contribution in [0.15, 0.2) is 18.2 Å². The Bertz CT molecular complexity index is 832. The number of hydrogen-bond donors (Lipinski definition) is 2. The normalized spacial score (nSPS) is 15.1. The third-order valence-electron chi connectivity index (χ3n) is 4.98. The number of carbonyl (C=O) groups excluding carboxylic acids is 3. The van der Waals surface area contributed by atoms with E-state index < -0.39 is 23.3 Å². The molecule has 7 nitrogen and oxygen atoms in total. The predicted molar refractivity (Wildman–Crippen MR) is 121 cm³/mol. The van der Waals surface area contributed by atoms with E-state index in [1.807, 2.05) is 52.8 Å². The number of hydrogen-bond acceptors (Lipinski definition) is 4. The molecule has 2 rings (SSSR count). The minimum atomic E-state index is -0.764. The lowest BCUT2D eigenvalue weighted by molar-refractivity contribution is -0.141. The van der Waals surface area contributed by atoms with Crippen LogP contribution in [-0.4, -0.2) is 46.5 Å². The van der Waals surface area contributed by atoms with Gasteiger partial charge in [-0.15, -0.1) is 0 Å². The van der Waals surface area contributed by atoms with Crippen LogP contribution in [-0.2, 0) is 14.3 Å². The Kier molecular flexibility index (Phi) is 7.40. The van der Waals surface area contributed by atoms with Gasteiger partial charge in [0.05, 0.1) is 0 Å². The van der Waals surface area contributed by atoms with Gasteiger partial charge in [0.1, 0.15) is 18.2 Å². The maximum atomic E-state index is 13.4. The molecule has 1 aliphatic carbocycles. The van der Waals surface area contributed by atoms with E-state index in [1.54, 1.807) is 25.7 Å². The molecule has 0 radical (unpaired) electrons. The summed E-state index contributed by atoms with van der Waals surface area (Å²) < 4.78 is 5.24. The summed E-state index contributed by atoms with van der Waals surface area (Å²) in [6.45, 7) is 14.8. The maximum absolute atomic E-state index is 13.4. The molecule has 1 aliphatic rings. The molecule has 0 spiro atoms. The maximum Gasteiger partial charge on any atom is 0.408 e. The fraction of sp³-hybridized carbons (Fsp3) is 0.625. The molecule has 172 valence electrons. The second-order valence-corrected chi connectivity index (χ2v) is 10.3. The van der Waals surface area contributed by atoms with Crippen LogP contribution in [0.25, 0.3) is 0 Å². The van der Waals surface area contributed by atoms with Crippen molar-refractivity contribution < 1.29 is 19.1 Å². The minimum absolute atomic E-state index is 0.0245. The van der Waals surface area contributed by atoms with Crippen LogP contribution in [0.3, 0.4) is 0 Å². The van der Waals surface area contributed by atoms with Crippen LogP contribution >= 0.6 is 0 Å². The highest BCUT2D eigenvalue weighted by molar-refractivity contribution is 5.91. The number of nitrogens with zero attached hydrogens (tertiary/aromatic N) is 1. The highest BCUT2D eigenvalue weighted by atomic mass is 16.6. The summed E-state index contributed by atoms with van der Waals surface area (Å²) in [5, 5.41) is 5.57. The van der Waals surface area contributed by atoms with Gasteiger partial charge in [-0.3, -0.25) is 9.59 Å². The summed E-state index contributed by atoms with van der Waals surface area (Å²) in [7, 11) is 0. The summed E-state index contributed by atoms with van der Waals surface area (Å²) >= 11 is 0. The zero-order valence-corrected chi connectivity index (χ0v) is 20.1. The fourth-order valence-electron chi connectivity index (χ4n) is 3.39. The third kappa shape index (κ3) is 7.26. The average Bonchev–Trinajstić information content (AvgIpc) is 3.42. The molecule has 1 fully saturated rings. The second kappa shape index (κ2) is 9.28. The number of ether oxygens (including phenoxy) is 1. The van der Waals surface area contributed by atoms with Crippen molar-refractivity contribution in [2.75, 3.05) is 6.54 Å². The molecule has 0 heterocycles. The van der Waals surface area contributed by atoms with Crippen molar-refractivity contribution in [2.45, 2.75) is 91.5 Å². The topological polar surface area (TPSA) is 87.7 Å². The summed E-state index contributed by atoms with van der Waals surface area (Å²) in [4.78, 5) is 40.3. The van der Waals surface area contributed by atoms with E-state index >= 15 is 0 Å². The first-order valence-electron chi connectivity index (χ1n) is 10.9. The molecule has 31 heavy (non-hydrogen) atoms. The molecule has 7 heteroatoms. The number of benzene rings is 1. The molecule has 0 bridgehead atoms. The number of rotatable bonds is 6.